The normalized spacial score (nSPS) is 22.9. The van der Waals surface area contributed by atoms with Crippen LogP contribution >= 0.6 is 0 Å². The summed E-state index contributed by atoms with van der Waals surface area (Å²) in [6.07, 6.45) is 2.43. The summed E-state index contributed by atoms with van der Waals surface area (Å²) in [6, 6.07) is 4.27. The Hall–Kier alpha value is -2.83. The molecule has 0 aromatic heterocycles. The van der Waals surface area contributed by atoms with E-state index in [1.807, 2.05) is 0 Å². The zero-order valence-electron chi connectivity index (χ0n) is 10.8. The molecule has 2 aliphatic rings. The summed E-state index contributed by atoms with van der Waals surface area (Å²) in [6.45, 7) is 0. The summed E-state index contributed by atoms with van der Waals surface area (Å²) in [4.78, 5) is 34.1. The summed E-state index contributed by atoms with van der Waals surface area (Å²) in [5.74, 6) is -0.675. The Morgan fingerprint density at radius 3 is 2.90 bits per heavy atom. The van der Waals surface area contributed by atoms with Crippen molar-refractivity contribution in [3.63, 3.8) is 0 Å². The summed E-state index contributed by atoms with van der Waals surface area (Å²) in [7, 11) is 0. The molecule has 1 aliphatic carbocycles. The molecule has 3 amide bonds. The Morgan fingerprint density at radius 1 is 1.33 bits per heavy atom. The van der Waals surface area contributed by atoms with Crippen molar-refractivity contribution in [2.75, 3.05) is 0 Å². The molecule has 1 heterocycles. The maximum absolute atomic E-state index is 11.8. The van der Waals surface area contributed by atoms with Gasteiger partial charge in [0.15, 0.2) is 0 Å². The lowest BCUT2D eigenvalue weighted by Crippen LogP contribution is -2.41. The predicted octanol–water partition coefficient (Wildman–Crippen LogP) is 0.914. The highest BCUT2D eigenvalue weighted by atomic mass is 16.5. The first-order chi connectivity index (χ1) is 10.1. The largest absolute Gasteiger partial charge is 0.487 e. The minimum Gasteiger partial charge on any atom is -0.487 e. The van der Waals surface area contributed by atoms with Gasteiger partial charge in [0.1, 0.15) is 11.9 Å². The average Bonchev–Trinajstić information content (AvgIpc) is 2.96. The highest BCUT2D eigenvalue weighted by molar-refractivity contribution is 6.22. The Labute approximate surface area is 119 Å². The highest BCUT2D eigenvalue weighted by Crippen LogP contribution is 2.29. The van der Waals surface area contributed by atoms with Gasteiger partial charge in [0.05, 0.1) is 17.2 Å². The fourth-order valence-electron chi connectivity index (χ4n) is 2.48. The third kappa shape index (κ3) is 2.33. The molecule has 2 atom stereocenters. The van der Waals surface area contributed by atoms with Crippen molar-refractivity contribution in [2.24, 2.45) is 0 Å². The molecule has 1 aromatic carbocycles. The molecular weight excluding hydrogens is 276 g/mol. The van der Waals surface area contributed by atoms with Crippen molar-refractivity contribution in [2.45, 2.75) is 18.6 Å². The third-order valence-corrected chi connectivity index (χ3v) is 3.41. The van der Waals surface area contributed by atoms with Crippen molar-refractivity contribution in [1.82, 2.24) is 10.6 Å². The standard InChI is InChI=1S/C14H12N2O5/c17-12-7-3-1-6-10(11(7)13(18)16-12)21-9-5-2-4-8(9)15-14(19)20/h1-4,6,8-9,15H,5H2,(H,19,20)(H,16,17,18)/t8-,9+/m1/s1. The van der Waals surface area contributed by atoms with Gasteiger partial charge in [0, 0.05) is 6.42 Å². The van der Waals surface area contributed by atoms with E-state index in [0.29, 0.717) is 6.42 Å². The number of benzene rings is 1. The van der Waals surface area contributed by atoms with Gasteiger partial charge in [0.2, 0.25) is 0 Å². The van der Waals surface area contributed by atoms with Crippen LogP contribution < -0.4 is 15.4 Å². The van der Waals surface area contributed by atoms with Crippen LogP contribution in [0, 0.1) is 0 Å². The maximum Gasteiger partial charge on any atom is 0.405 e. The highest BCUT2D eigenvalue weighted by Gasteiger charge is 2.33. The van der Waals surface area contributed by atoms with Gasteiger partial charge < -0.3 is 15.2 Å². The number of nitrogens with one attached hydrogen (secondary N) is 2. The fraction of sp³-hybridized carbons (Fsp3) is 0.214. The van der Waals surface area contributed by atoms with Gasteiger partial charge in [-0.25, -0.2) is 4.79 Å². The van der Waals surface area contributed by atoms with Crippen LogP contribution in [-0.4, -0.2) is 35.2 Å². The Balaban J connectivity index is 1.85. The number of carbonyl (C=O) groups excluding carboxylic acids is 2. The van der Waals surface area contributed by atoms with Crippen molar-refractivity contribution >= 4 is 17.9 Å². The Bertz CT molecular complexity index is 667. The number of hydrogen-bond donors (Lipinski definition) is 3. The molecule has 21 heavy (non-hydrogen) atoms. The van der Waals surface area contributed by atoms with Gasteiger partial charge in [-0.1, -0.05) is 18.2 Å². The molecule has 0 bridgehead atoms. The van der Waals surface area contributed by atoms with Crippen LogP contribution in [-0.2, 0) is 0 Å². The molecule has 0 saturated heterocycles. The molecule has 0 saturated carbocycles. The Kier molecular flexibility index (Phi) is 3.09. The van der Waals surface area contributed by atoms with Crippen molar-refractivity contribution in [1.29, 1.82) is 0 Å². The number of fused-ring (bicyclic) bond motifs is 1. The van der Waals surface area contributed by atoms with E-state index in [1.54, 1.807) is 30.4 Å². The van der Waals surface area contributed by atoms with Gasteiger partial charge in [-0.15, -0.1) is 0 Å². The fourth-order valence-corrected chi connectivity index (χ4v) is 2.48. The van der Waals surface area contributed by atoms with Gasteiger partial charge in [-0.3, -0.25) is 14.9 Å². The number of amides is 3. The number of carboxylic acid groups (broad SMARTS) is 1. The topological polar surface area (TPSA) is 105 Å². The SMILES string of the molecule is O=C(O)N[C@@H]1C=CC[C@@H]1Oc1cccc2c1C(=O)NC2=O. The number of rotatable bonds is 3. The zero-order valence-corrected chi connectivity index (χ0v) is 10.8. The van der Waals surface area contributed by atoms with Crippen LogP contribution in [0.2, 0.25) is 0 Å². The van der Waals surface area contributed by atoms with Crippen LogP contribution in [0.3, 0.4) is 0 Å². The van der Waals surface area contributed by atoms with Gasteiger partial charge in [0.25, 0.3) is 11.8 Å². The molecule has 3 N–H and O–H groups in total. The first kappa shape index (κ1) is 13.2. The molecule has 0 unspecified atom stereocenters. The van der Waals surface area contributed by atoms with E-state index in [-0.39, 0.29) is 16.9 Å². The summed E-state index contributed by atoms with van der Waals surface area (Å²) < 4.78 is 5.75. The maximum atomic E-state index is 11.8. The number of hydrogen-bond acceptors (Lipinski definition) is 4. The van der Waals surface area contributed by atoms with E-state index in [0.717, 1.165) is 0 Å². The minimum atomic E-state index is -1.15. The zero-order chi connectivity index (χ0) is 15.0. The van der Waals surface area contributed by atoms with E-state index in [9.17, 15) is 14.4 Å². The summed E-state index contributed by atoms with van der Waals surface area (Å²) >= 11 is 0. The van der Waals surface area contributed by atoms with Gasteiger partial charge >= 0.3 is 6.09 Å². The van der Waals surface area contributed by atoms with Crippen LogP contribution in [0.25, 0.3) is 0 Å². The first-order valence-electron chi connectivity index (χ1n) is 6.37. The van der Waals surface area contributed by atoms with Gasteiger partial charge in [-0.2, -0.15) is 0 Å². The van der Waals surface area contributed by atoms with E-state index >= 15 is 0 Å². The second-order valence-electron chi connectivity index (χ2n) is 4.76. The quantitative estimate of drug-likeness (QED) is 0.566. The molecule has 108 valence electrons. The Morgan fingerprint density at radius 2 is 2.14 bits per heavy atom. The smallest absolute Gasteiger partial charge is 0.405 e. The molecule has 3 rings (SSSR count). The second-order valence-corrected chi connectivity index (χ2v) is 4.76. The van der Waals surface area contributed by atoms with Crippen LogP contribution in [0.5, 0.6) is 5.75 Å². The van der Waals surface area contributed by atoms with Crippen molar-refractivity contribution in [3.05, 3.63) is 41.5 Å². The van der Waals surface area contributed by atoms with Crippen molar-refractivity contribution in [3.8, 4) is 5.75 Å². The van der Waals surface area contributed by atoms with Crippen molar-refractivity contribution < 1.29 is 24.2 Å². The number of ether oxygens (including phenoxy) is 1. The molecule has 7 heteroatoms. The number of carbonyl (C=O) groups is 3. The molecule has 1 aliphatic heterocycles. The molecule has 7 nitrogen and oxygen atoms in total. The molecular formula is C14H12N2O5. The molecule has 0 spiro atoms. The lowest BCUT2D eigenvalue weighted by atomic mass is 10.1. The lowest BCUT2D eigenvalue weighted by molar-refractivity contribution is 0.0877. The molecule has 0 fully saturated rings. The second kappa shape index (κ2) is 4.93. The van der Waals surface area contributed by atoms with E-state index in [4.69, 9.17) is 9.84 Å². The van der Waals surface area contributed by atoms with Crippen LogP contribution in [0.4, 0.5) is 4.79 Å². The first-order valence-corrected chi connectivity index (χ1v) is 6.37. The predicted molar refractivity (Wildman–Crippen MR) is 71.4 cm³/mol. The van der Waals surface area contributed by atoms with Crippen LogP contribution in [0.1, 0.15) is 27.1 Å². The number of imide groups is 1. The average molecular weight is 288 g/mol. The summed E-state index contributed by atoms with van der Waals surface area (Å²) in [5, 5.41) is 13.3. The van der Waals surface area contributed by atoms with E-state index in [1.165, 1.54) is 0 Å². The lowest BCUT2D eigenvalue weighted by Gasteiger charge is -2.21. The monoisotopic (exact) mass is 288 g/mol. The van der Waals surface area contributed by atoms with E-state index < -0.39 is 30.1 Å². The minimum absolute atomic E-state index is 0.198. The van der Waals surface area contributed by atoms with E-state index in [2.05, 4.69) is 10.6 Å². The summed E-state index contributed by atoms with van der Waals surface area (Å²) in [5.41, 5.74) is 0.467. The molecule has 1 aromatic rings. The third-order valence-electron chi connectivity index (χ3n) is 3.41. The van der Waals surface area contributed by atoms with Crippen LogP contribution in [0.15, 0.2) is 30.4 Å². The van der Waals surface area contributed by atoms with Gasteiger partial charge in [-0.05, 0) is 12.1 Å². The molecule has 0 radical (unpaired) electrons.